The summed E-state index contributed by atoms with van der Waals surface area (Å²) >= 11 is 0. The average Bonchev–Trinajstić information content (AvgIpc) is 2.41. The highest BCUT2D eigenvalue weighted by Crippen LogP contribution is 2.14. The summed E-state index contributed by atoms with van der Waals surface area (Å²) in [5, 5.41) is 17.3. The second-order valence-electron chi connectivity index (χ2n) is 3.59. The lowest BCUT2D eigenvalue weighted by Crippen LogP contribution is -2.01. The van der Waals surface area contributed by atoms with Gasteiger partial charge >= 0.3 is 5.97 Å². The van der Waals surface area contributed by atoms with E-state index in [1.165, 1.54) is 19.1 Å². The predicted octanol–water partition coefficient (Wildman–Crippen LogP) is 3.06. The van der Waals surface area contributed by atoms with Gasteiger partial charge in [0, 0.05) is 6.42 Å². The first-order valence-corrected chi connectivity index (χ1v) is 6.40. The van der Waals surface area contributed by atoms with Gasteiger partial charge in [-0.1, -0.05) is 32.9 Å². The summed E-state index contributed by atoms with van der Waals surface area (Å²) in [4.78, 5) is 30.9. The van der Waals surface area contributed by atoms with Gasteiger partial charge in [-0.3, -0.25) is 9.59 Å². The number of carbonyl (C=O) groups excluding carboxylic acids is 2. The fraction of sp³-hybridized carbons (Fsp3) is 0.400. The zero-order valence-corrected chi connectivity index (χ0v) is 12.3. The van der Waals surface area contributed by atoms with Crippen LogP contribution in [0.25, 0.3) is 0 Å². The van der Waals surface area contributed by atoms with Gasteiger partial charge in [0.25, 0.3) is 0 Å². The molecule has 0 saturated heterocycles. The summed E-state index contributed by atoms with van der Waals surface area (Å²) in [6, 6.07) is 5.81. The molecule has 0 unspecified atom stereocenters. The maximum atomic E-state index is 10.4. The van der Waals surface area contributed by atoms with Crippen molar-refractivity contribution in [3.63, 3.8) is 0 Å². The molecule has 5 nitrogen and oxygen atoms in total. The lowest BCUT2D eigenvalue weighted by Gasteiger charge is -1.95. The first kappa shape index (κ1) is 20.2. The van der Waals surface area contributed by atoms with Gasteiger partial charge in [-0.05, 0) is 19.1 Å². The minimum Gasteiger partial charge on any atom is -0.507 e. The van der Waals surface area contributed by atoms with Gasteiger partial charge in [-0.25, -0.2) is 4.79 Å². The van der Waals surface area contributed by atoms with Crippen LogP contribution in [0.4, 0.5) is 0 Å². The van der Waals surface area contributed by atoms with Crippen LogP contribution in [0.3, 0.4) is 0 Å². The molecular formula is C15H22O5. The molecule has 0 heterocycles. The third-order valence-corrected chi connectivity index (χ3v) is 1.97. The van der Waals surface area contributed by atoms with E-state index in [4.69, 9.17) is 10.2 Å². The molecule has 0 bridgehead atoms. The van der Waals surface area contributed by atoms with E-state index in [-0.39, 0.29) is 29.3 Å². The Morgan fingerprint density at radius 3 is 1.85 bits per heavy atom. The van der Waals surface area contributed by atoms with E-state index in [2.05, 4.69) is 0 Å². The van der Waals surface area contributed by atoms with Crippen molar-refractivity contribution in [3.05, 3.63) is 29.8 Å². The van der Waals surface area contributed by atoms with E-state index in [1.807, 2.05) is 13.8 Å². The molecule has 0 spiro atoms. The maximum Gasteiger partial charge on any atom is 0.339 e. The van der Waals surface area contributed by atoms with Crippen LogP contribution in [0, 0.1) is 0 Å². The molecule has 0 aliphatic rings. The van der Waals surface area contributed by atoms with Crippen LogP contribution in [-0.4, -0.2) is 27.7 Å². The molecule has 1 aromatic rings. The van der Waals surface area contributed by atoms with Crippen molar-refractivity contribution in [2.24, 2.45) is 0 Å². The van der Waals surface area contributed by atoms with Crippen molar-refractivity contribution in [1.82, 2.24) is 0 Å². The van der Waals surface area contributed by atoms with Gasteiger partial charge in [-0.2, -0.15) is 0 Å². The summed E-state index contributed by atoms with van der Waals surface area (Å²) in [5.74, 6) is -1.33. The van der Waals surface area contributed by atoms with E-state index < -0.39 is 5.97 Å². The number of Topliss-reactive ketones (excluding diaryl/α,β-unsaturated/α-hetero) is 2. The third-order valence-electron chi connectivity index (χ3n) is 1.97. The Morgan fingerprint density at radius 2 is 1.60 bits per heavy atom. The van der Waals surface area contributed by atoms with Gasteiger partial charge in [0.15, 0.2) is 0 Å². The van der Waals surface area contributed by atoms with E-state index in [9.17, 15) is 14.4 Å². The van der Waals surface area contributed by atoms with Gasteiger partial charge in [0.1, 0.15) is 22.9 Å². The van der Waals surface area contributed by atoms with Crippen LogP contribution in [-0.2, 0) is 9.59 Å². The summed E-state index contributed by atoms with van der Waals surface area (Å²) in [6.07, 6.45) is 0.579. The number of phenols is 1. The second kappa shape index (κ2) is 11.9. The zero-order chi connectivity index (χ0) is 16.1. The minimum atomic E-state index is -1.11. The normalized spacial score (nSPS) is 8.40. The number of aromatic hydroxyl groups is 1. The number of hydrogen-bond donors (Lipinski definition) is 2. The molecule has 0 fully saturated rings. The molecule has 0 aliphatic carbocycles. The van der Waals surface area contributed by atoms with Crippen LogP contribution < -0.4 is 0 Å². The van der Waals surface area contributed by atoms with Gasteiger partial charge in [-0.15, -0.1) is 0 Å². The zero-order valence-electron chi connectivity index (χ0n) is 12.3. The Hall–Kier alpha value is -2.17. The number of para-hydroxylation sites is 1. The van der Waals surface area contributed by atoms with Crippen LogP contribution in [0.15, 0.2) is 24.3 Å². The lowest BCUT2D eigenvalue weighted by molar-refractivity contribution is -0.125. The molecule has 1 rings (SSSR count). The highest BCUT2D eigenvalue weighted by Gasteiger charge is 2.05. The Kier molecular flexibility index (Phi) is 12.0. The first-order chi connectivity index (χ1) is 9.38. The fourth-order valence-corrected chi connectivity index (χ4v) is 1.06. The molecule has 0 atom stereocenters. The van der Waals surface area contributed by atoms with Gasteiger partial charge in [0.05, 0.1) is 6.42 Å². The number of hydrogen-bond acceptors (Lipinski definition) is 4. The Labute approximate surface area is 119 Å². The van der Waals surface area contributed by atoms with Crippen molar-refractivity contribution in [2.45, 2.75) is 40.5 Å². The molecule has 0 saturated carbocycles. The standard InChI is InChI=1S/C7H6O3.C6H10O2.C2H6/c8-6-4-2-1-3-5(6)7(9)10;1-3-6(8)4-5(2)7;1-2/h1-4,8H,(H,9,10);3-4H2,1-2H3;1-2H3. The summed E-state index contributed by atoms with van der Waals surface area (Å²) in [6.45, 7) is 7.18. The number of aromatic carboxylic acids is 1. The smallest absolute Gasteiger partial charge is 0.339 e. The monoisotopic (exact) mass is 282 g/mol. The fourth-order valence-electron chi connectivity index (χ4n) is 1.06. The Bertz CT molecular complexity index is 438. The Morgan fingerprint density at radius 1 is 1.10 bits per heavy atom. The van der Waals surface area contributed by atoms with Crippen LogP contribution in [0.5, 0.6) is 5.75 Å². The van der Waals surface area contributed by atoms with Gasteiger partial charge in [0.2, 0.25) is 0 Å². The molecule has 0 amide bonds. The lowest BCUT2D eigenvalue weighted by atomic mass is 10.2. The van der Waals surface area contributed by atoms with E-state index in [0.717, 1.165) is 0 Å². The van der Waals surface area contributed by atoms with E-state index in [1.54, 1.807) is 19.1 Å². The van der Waals surface area contributed by atoms with Crippen LogP contribution in [0.1, 0.15) is 50.9 Å². The molecule has 2 N–H and O–H groups in total. The maximum absolute atomic E-state index is 10.4. The third kappa shape index (κ3) is 9.82. The Balaban J connectivity index is 0. The van der Waals surface area contributed by atoms with E-state index in [0.29, 0.717) is 6.42 Å². The second-order valence-corrected chi connectivity index (χ2v) is 3.59. The molecule has 0 aromatic heterocycles. The summed E-state index contributed by atoms with van der Waals surface area (Å²) in [7, 11) is 0. The molecule has 112 valence electrons. The topological polar surface area (TPSA) is 91.7 Å². The van der Waals surface area contributed by atoms with Crippen molar-refractivity contribution < 1.29 is 24.6 Å². The summed E-state index contributed by atoms with van der Waals surface area (Å²) in [5.41, 5.74) is -0.0671. The largest absolute Gasteiger partial charge is 0.507 e. The number of carboxylic acids is 1. The molecule has 1 aromatic carbocycles. The van der Waals surface area contributed by atoms with E-state index >= 15 is 0 Å². The van der Waals surface area contributed by atoms with Crippen molar-refractivity contribution in [1.29, 1.82) is 0 Å². The molecule has 0 aliphatic heterocycles. The summed E-state index contributed by atoms with van der Waals surface area (Å²) < 4.78 is 0. The van der Waals surface area contributed by atoms with Crippen molar-refractivity contribution in [3.8, 4) is 5.75 Å². The molecule has 0 radical (unpaired) electrons. The average molecular weight is 282 g/mol. The SMILES string of the molecule is CC.CCC(=O)CC(C)=O.O=C(O)c1ccccc1O. The highest BCUT2D eigenvalue weighted by molar-refractivity contribution is 5.97. The van der Waals surface area contributed by atoms with Crippen LogP contribution in [0.2, 0.25) is 0 Å². The molecule has 5 heteroatoms. The predicted molar refractivity (Wildman–Crippen MR) is 77.0 cm³/mol. The van der Waals surface area contributed by atoms with Gasteiger partial charge < -0.3 is 10.2 Å². The van der Waals surface area contributed by atoms with Crippen LogP contribution >= 0.6 is 0 Å². The number of ketones is 2. The number of benzene rings is 1. The van der Waals surface area contributed by atoms with Crippen molar-refractivity contribution >= 4 is 17.5 Å². The van der Waals surface area contributed by atoms with Crippen molar-refractivity contribution in [2.75, 3.05) is 0 Å². The quantitative estimate of drug-likeness (QED) is 0.828. The molecular weight excluding hydrogens is 260 g/mol. The highest BCUT2D eigenvalue weighted by atomic mass is 16.4. The number of rotatable bonds is 4. The number of carboxylic acid groups (broad SMARTS) is 1. The number of carbonyl (C=O) groups is 3. The minimum absolute atomic E-state index is 0.0255. The molecule has 20 heavy (non-hydrogen) atoms. The first-order valence-electron chi connectivity index (χ1n) is 6.40.